The standard InChI is InChI=1S/C16H24N2O/c17-16(19)14-8-6-7-13(11-14)12-18-15-9-4-2-1-3-5-10-15/h6-8,11,15,18H,1-5,9-10,12H2,(H2,17,19). The Morgan fingerprint density at radius 2 is 1.84 bits per heavy atom. The van der Waals surface area contributed by atoms with Crippen molar-refractivity contribution < 1.29 is 4.79 Å². The fourth-order valence-corrected chi connectivity index (χ4v) is 2.76. The molecule has 0 saturated heterocycles. The highest BCUT2D eigenvalue weighted by Gasteiger charge is 2.10. The van der Waals surface area contributed by atoms with Gasteiger partial charge in [-0.05, 0) is 30.5 Å². The normalized spacial score (nSPS) is 17.7. The van der Waals surface area contributed by atoms with Crippen molar-refractivity contribution in [3.05, 3.63) is 35.4 Å². The average Bonchev–Trinajstić information content (AvgIpc) is 2.38. The highest BCUT2D eigenvalue weighted by atomic mass is 16.1. The molecule has 104 valence electrons. The molecule has 1 amide bonds. The van der Waals surface area contributed by atoms with E-state index in [1.165, 1.54) is 44.9 Å². The van der Waals surface area contributed by atoms with Crippen LogP contribution in [0, 0.1) is 0 Å². The van der Waals surface area contributed by atoms with Gasteiger partial charge < -0.3 is 11.1 Å². The van der Waals surface area contributed by atoms with E-state index in [2.05, 4.69) is 5.32 Å². The van der Waals surface area contributed by atoms with Gasteiger partial charge >= 0.3 is 0 Å². The van der Waals surface area contributed by atoms with Gasteiger partial charge in [-0.1, -0.05) is 44.2 Å². The Morgan fingerprint density at radius 3 is 2.53 bits per heavy atom. The van der Waals surface area contributed by atoms with Crippen LogP contribution in [0.3, 0.4) is 0 Å². The molecular formula is C16H24N2O. The molecule has 19 heavy (non-hydrogen) atoms. The van der Waals surface area contributed by atoms with Crippen LogP contribution in [0.2, 0.25) is 0 Å². The number of nitrogens with one attached hydrogen (secondary N) is 1. The topological polar surface area (TPSA) is 55.1 Å². The second kappa shape index (κ2) is 7.29. The summed E-state index contributed by atoms with van der Waals surface area (Å²) in [6.07, 6.45) is 9.35. The molecule has 0 bridgehead atoms. The van der Waals surface area contributed by atoms with Crippen molar-refractivity contribution in [3.63, 3.8) is 0 Å². The fourth-order valence-electron chi connectivity index (χ4n) is 2.76. The summed E-state index contributed by atoms with van der Waals surface area (Å²) in [6.45, 7) is 0.825. The van der Waals surface area contributed by atoms with Gasteiger partial charge in [-0.25, -0.2) is 0 Å². The van der Waals surface area contributed by atoms with E-state index in [-0.39, 0.29) is 5.91 Å². The van der Waals surface area contributed by atoms with Crippen molar-refractivity contribution in [1.29, 1.82) is 0 Å². The lowest BCUT2D eigenvalue weighted by atomic mass is 9.96. The second-order valence-electron chi connectivity index (χ2n) is 5.49. The molecule has 1 fully saturated rings. The van der Waals surface area contributed by atoms with Crippen LogP contribution in [-0.2, 0) is 6.54 Å². The predicted octanol–water partition coefficient (Wildman–Crippen LogP) is 2.99. The molecule has 0 spiro atoms. The van der Waals surface area contributed by atoms with E-state index in [1.54, 1.807) is 6.07 Å². The molecule has 0 unspecified atom stereocenters. The van der Waals surface area contributed by atoms with Crippen molar-refractivity contribution >= 4 is 5.91 Å². The van der Waals surface area contributed by atoms with Gasteiger partial charge in [0.15, 0.2) is 0 Å². The maximum atomic E-state index is 11.1. The molecule has 3 N–H and O–H groups in total. The van der Waals surface area contributed by atoms with Crippen molar-refractivity contribution in [2.45, 2.75) is 57.5 Å². The number of nitrogens with two attached hydrogens (primary N) is 1. The zero-order chi connectivity index (χ0) is 13.5. The third-order valence-corrected chi connectivity index (χ3v) is 3.91. The van der Waals surface area contributed by atoms with E-state index in [9.17, 15) is 4.79 Å². The Hall–Kier alpha value is -1.35. The fraction of sp³-hybridized carbons (Fsp3) is 0.562. The van der Waals surface area contributed by atoms with Gasteiger partial charge in [-0.2, -0.15) is 0 Å². The van der Waals surface area contributed by atoms with Crippen LogP contribution in [0.15, 0.2) is 24.3 Å². The van der Waals surface area contributed by atoms with Crippen molar-refractivity contribution in [2.75, 3.05) is 0 Å². The van der Waals surface area contributed by atoms with Crippen LogP contribution in [0.25, 0.3) is 0 Å². The number of amides is 1. The largest absolute Gasteiger partial charge is 0.366 e. The quantitative estimate of drug-likeness (QED) is 0.874. The highest BCUT2D eigenvalue weighted by molar-refractivity contribution is 5.92. The third kappa shape index (κ3) is 4.67. The minimum atomic E-state index is -0.354. The van der Waals surface area contributed by atoms with E-state index in [0.717, 1.165) is 12.1 Å². The minimum Gasteiger partial charge on any atom is -0.366 e. The maximum Gasteiger partial charge on any atom is 0.248 e. The summed E-state index contributed by atoms with van der Waals surface area (Å²) >= 11 is 0. The number of rotatable bonds is 4. The van der Waals surface area contributed by atoms with Crippen LogP contribution in [-0.4, -0.2) is 11.9 Å². The molecule has 1 aromatic carbocycles. The molecule has 1 aliphatic carbocycles. The van der Waals surface area contributed by atoms with Gasteiger partial charge in [-0.3, -0.25) is 4.79 Å². The number of primary amides is 1. The minimum absolute atomic E-state index is 0.354. The van der Waals surface area contributed by atoms with Crippen molar-refractivity contribution in [1.82, 2.24) is 5.32 Å². The predicted molar refractivity (Wildman–Crippen MR) is 77.9 cm³/mol. The van der Waals surface area contributed by atoms with E-state index >= 15 is 0 Å². The Balaban J connectivity index is 1.86. The molecule has 3 heteroatoms. The third-order valence-electron chi connectivity index (χ3n) is 3.91. The smallest absolute Gasteiger partial charge is 0.248 e. The molecule has 1 aliphatic rings. The highest BCUT2D eigenvalue weighted by Crippen LogP contribution is 2.17. The van der Waals surface area contributed by atoms with Gasteiger partial charge in [-0.15, -0.1) is 0 Å². The molecule has 0 radical (unpaired) electrons. The van der Waals surface area contributed by atoms with Crippen LogP contribution < -0.4 is 11.1 Å². The first-order valence-corrected chi connectivity index (χ1v) is 7.38. The molecule has 1 saturated carbocycles. The first-order valence-electron chi connectivity index (χ1n) is 7.38. The lowest BCUT2D eigenvalue weighted by molar-refractivity contribution is 0.1000. The summed E-state index contributed by atoms with van der Waals surface area (Å²) in [5.41, 5.74) is 7.03. The summed E-state index contributed by atoms with van der Waals surface area (Å²) in [4.78, 5) is 11.1. The van der Waals surface area contributed by atoms with Crippen molar-refractivity contribution in [2.24, 2.45) is 5.73 Å². The number of benzene rings is 1. The van der Waals surface area contributed by atoms with Gasteiger partial charge in [0.2, 0.25) is 5.91 Å². The molecule has 0 aromatic heterocycles. The summed E-state index contributed by atoms with van der Waals surface area (Å²) in [5, 5.41) is 3.62. The van der Waals surface area contributed by atoms with Gasteiger partial charge in [0.05, 0.1) is 0 Å². The molecule has 1 aromatic rings. The van der Waals surface area contributed by atoms with Crippen LogP contribution in [0.4, 0.5) is 0 Å². The van der Waals surface area contributed by atoms with Gasteiger partial charge in [0, 0.05) is 18.2 Å². The zero-order valence-corrected chi connectivity index (χ0v) is 11.5. The van der Waals surface area contributed by atoms with Crippen LogP contribution in [0.1, 0.15) is 60.9 Å². The number of carbonyl (C=O) groups excluding carboxylic acids is 1. The van der Waals surface area contributed by atoms with E-state index < -0.39 is 0 Å². The summed E-state index contributed by atoms with van der Waals surface area (Å²) in [6, 6.07) is 8.22. The maximum absolute atomic E-state index is 11.1. The lowest BCUT2D eigenvalue weighted by Crippen LogP contribution is -2.29. The van der Waals surface area contributed by atoms with Gasteiger partial charge in [0.1, 0.15) is 0 Å². The molecular weight excluding hydrogens is 236 g/mol. The Morgan fingerprint density at radius 1 is 1.16 bits per heavy atom. The second-order valence-corrected chi connectivity index (χ2v) is 5.49. The van der Waals surface area contributed by atoms with Crippen LogP contribution >= 0.6 is 0 Å². The summed E-state index contributed by atoms with van der Waals surface area (Å²) < 4.78 is 0. The Kier molecular flexibility index (Phi) is 5.40. The van der Waals surface area contributed by atoms with Gasteiger partial charge in [0.25, 0.3) is 0 Å². The summed E-state index contributed by atoms with van der Waals surface area (Å²) in [7, 11) is 0. The monoisotopic (exact) mass is 260 g/mol. The number of hydrogen-bond donors (Lipinski definition) is 2. The molecule has 0 aliphatic heterocycles. The first-order chi connectivity index (χ1) is 9.25. The van der Waals surface area contributed by atoms with E-state index in [1.807, 2.05) is 18.2 Å². The SMILES string of the molecule is NC(=O)c1cccc(CNC2CCCCCCC2)c1. The van der Waals surface area contributed by atoms with Crippen LogP contribution in [0.5, 0.6) is 0 Å². The number of carbonyl (C=O) groups is 1. The zero-order valence-electron chi connectivity index (χ0n) is 11.5. The lowest BCUT2D eigenvalue weighted by Gasteiger charge is -2.21. The van der Waals surface area contributed by atoms with E-state index in [4.69, 9.17) is 5.73 Å². The molecule has 0 atom stereocenters. The van der Waals surface area contributed by atoms with Crippen molar-refractivity contribution in [3.8, 4) is 0 Å². The molecule has 0 heterocycles. The Labute approximate surface area is 115 Å². The Bertz CT molecular complexity index is 409. The first kappa shape index (κ1) is 14.1. The average molecular weight is 260 g/mol. The number of hydrogen-bond acceptors (Lipinski definition) is 2. The summed E-state index contributed by atoms with van der Waals surface area (Å²) in [5.74, 6) is -0.354. The van der Waals surface area contributed by atoms with E-state index in [0.29, 0.717) is 11.6 Å². The molecule has 3 nitrogen and oxygen atoms in total. The molecule has 2 rings (SSSR count).